The molecule has 0 atom stereocenters. The molecule has 3 rings (SSSR count). The third-order valence-corrected chi connectivity index (χ3v) is 5.51. The predicted octanol–water partition coefficient (Wildman–Crippen LogP) is 4.85. The molecule has 27 heavy (non-hydrogen) atoms. The van der Waals surface area contributed by atoms with Crippen molar-refractivity contribution < 1.29 is 9.59 Å². The minimum Gasteiger partial charge on any atom is -0.324 e. The standard InChI is InChI=1S/C20H15BrN2O2S2/c21-15-9-5-10-16(12-15)22-18(24)13-23-19(25)17(27-20(23)26)11-4-8-14-6-2-1-3-7-14/h1-12H,13H2,(H,22,24). The van der Waals surface area contributed by atoms with Crippen LogP contribution >= 0.6 is 39.9 Å². The number of carbonyl (C=O) groups is 2. The van der Waals surface area contributed by atoms with E-state index < -0.39 is 0 Å². The number of thioether (sulfide) groups is 1. The third kappa shape index (κ3) is 5.38. The number of rotatable bonds is 5. The topological polar surface area (TPSA) is 49.4 Å². The molecule has 2 amide bonds. The summed E-state index contributed by atoms with van der Waals surface area (Å²) < 4.78 is 1.24. The number of carbonyl (C=O) groups excluding carboxylic acids is 2. The highest BCUT2D eigenvalue weighted by atomic mass is 79.9. The third-order valence-electron chi connectivity index (χ3n) is 3.62. The molecule has 2 aromatic carbocycles. The molecule has 2 aromatic rings. The van der Waals surface area contributed by atoms with Crippen LogP contribution in [0.5, 0.6) is 0 Å². The fourth-order valence-corrected chi connectivity index (χ4v) is 3.98. The normalized spacial score (nSPS) is 15.7. The maximum Gasteiger partial charge on any atom is 0.266 e. The molecule has 0 aliphatic carbocycles. The van der Waals surface area contributed by atoms with E-state index in [1.54, 1.807) is 18.2 Å². The Balaban J connectivity index is 1.62. The van der Waals surface area contributed by atoms with Gasteiger partial charge in [-0.1, -0.05) is 88.5 Å². The summed E-state index contributed by atoms with van der Waals surface area (Å²) in [6.07, 6.45) is 5.44. The zero-order valence-corrected chi connectivity index (χ0v) is 17.3. The number of allylic oxidation sites excluding steroid dienone is 2. The van der Waals surface area contributed by atoms with Gasteiger partial charge in [0.25, 0.3) is 5.91 Å². The SMILES string of the molecule is O=C(CN1C(=O)C(=CC=Cc2ccccc2)SC1=S)Nc1cccc(Br)c1. The molecule has 1 aliphatic heterocycles. The highest BCUT2D eigenvalue weighted by molar-refractivity contribution is 9.10. The summed E-state index contributed by atoms with van der Waals surface area (Å²) in [4.78, 5) is 26.6. The summed E-state index contributed by atoms with van der Waals surface area (Å²) in [5, 5.41) is 2.77. The Morgan fingerprint density at radius 3 is 2.70 bits per heavy atom. The van der Waals surface area contributed by atoms with Crippen molar-refractivity contribution in [1.29, 1.82) is 0 Å². The van der Waals surface area contributed by atoms with Gasteiger partial charge >= 0.3 is 0 Å². The lowest BCUT2D eigenvalue weighted by Gasteiger charge is -2.14. The van der Waals surface area contributed by atoms with E-state index >= 15 is 0 Å². The average Bonchev–Trinajstić information content (AvgIpc) is 2.90. The molecule has 0 saturated carbocycles. The molecule has 0 bridgehead atoms. The molecule has 4 nitrogen and oxygen atoms in total. The number of thiocarbonyl (C=S) groups is 1. The monoisotopic (exact) mass is 458 g/mol. The Morgan fingerprint density at radius 2 is 1.96 bits per heavy atom. The van der Waals surface area contributed by atoms with Gasteiger partial charge in [-0.2, -0.15) is 0 Å². The van der Waals surface area contributed by atoms with E-state index in [4.69, 9.17) is 12.2 Å². The van der Waals surface area contributed by atoms with Crippen LogP contribution in [0.3, 0.4) is 0 Å². The first-order chi connectivity index (χ1) is 13.0. The summed E-state index contributed by atoms with van der Waals surface area (Å²) in [6.45, 7) is -0.114. The molecule has 0 unspecified atom stereocenters. The average molecular weight is 459 g/mol. The number of benzene rings is 2. The van der Waals surface area contributed by atoms with Crippen LogP contribution in [-0.2, 0) is 9.59 Å². The summed E-state index contributed by atoms with van der Waals surface area (Å²) in [5.74, 6) is -0.558. The molecule has 1 aliphatic rings. The van der Waals surface area contributed by atoms with Crippen LogP contribution in [0.1, 0.15) is 5.56 Å². The van der Waals surface area contributed by atoms with Crippen molar-refractivity contribution in [2.45, 2.75) is 0 Å². The molecular weight excluding hydrogens is 444 g/mol. The van der Waals surface area contributed by atoms with Crippen LogP contribution in [0, 0.1) is 0 Å². The summed E-state index contributed by atoms with van der Waals surface area (Å²) >= 11 is 9.81. The first-order valence-electron chi connectivity index (χ1n) is 8.05. The van der Waals surface area contributed by atoms with Gasteiger partial charge in [0.1, 0.15) is 10.9 Å². The van der Waals surface area contributed by atoms with Gasteiger partial charge in [-0.05, 0) is 29.8 Å². The van der Waals surface area contributed by atoms with Gasteiger partial charge in [-0.3, -0.25) is 14.5 Å². The molecule has 1 saturated heterocycles. The number of nitrogens with zero attached hydrogens (tertiary/aromatic N) is 1. The lowest BCUT2D eigenvalue weighted by Crippen LogP contribution is -2.36. The van der Waals surface area contributed by atoms with Crippen molar-refractivity contribution >= 4 is 67.8 Å². The largest absolute Gasteiger partial charge is 0.324 e. The smallest absolute Gasteiger partial charge is 0.266 e. The van der Waals surface area contributed by atoms with Crippen molar-refractivity contribution in [1.82, 2.24) is 4.90 Å². The molecule has 0 radical (unpaired) electrons. The van der Waals surface area contributed by atoms with Crippen LogP contribution in [0.15, 0.2) is 76.1 Å². The summed E-state index contributed by atoms with van der Waals surface area (Å²) in [7, 11) is 0. The Hall–Kier alpha value is -2.22. The van der Waals surface area contributed by atoms with Gasteiger partial charge in [0, 0.05) is 10.2 Å². The van der Waals surface area contributed by atoms with Crippen molar-refractivity contribution in [3.63, 3.8) is 0 Å². The molecule has 1 heterocycles. The predicted molar refractivity (Wildman–Crippen MR) is 118 cm³/mol. The van der Waals surface area contributed by atoms with Gasteiger partial charge in [0.2, 0.25) is 5.91 Å². The van der Waals surface area contributed by atoms with Gasteiger partial charge in [0.15, 0.2) is 0 Å². The molecule has 1 fully saturated rings. The number of hydrogen-bond acceptors (Lipinski definition) is 4. The van der Waals surface area contributed by atoms with E-state index in [2.05, 4.69) is 21.2 Å². The van der Waals surface area contributed by atoms with E-state index in [0.29, 0.717) is 14.9 Å². The number of amides is 2. The number of hydrogen-bond donors (Lipinski definition) is 1. The molecule has 7 heteroatoms. The number of halogens is 1. The second-order valence-corrected chi connectivity index (χ2v) is 8.21. The van der Waals surface area contributed by atoms with Crippen LogP contribution in [0.4, 0.5) is 5.69 Å². The van der Waals surface area contributed by atoms with Gasteiger partial charge < -0.3 is 5.32 Å². The second kappa shape index (κ2) is 9.12. The van der Waals surface area contributed by atoms with Crippen molar-refractivity contribution in [3.8, 4) is 0 Å². The minimum atomic E-state index is -0.300. The van der Waals surface area contributed by atoms with E-state index in [1.165, 1.54) is 16.7 Å². The van der Waals surface area contributed by atoms with Crippen molar-refractivity contribution in [2.75, 3.05) is 11.9 Å². The van der Waals surface area contributed by atoms with Crippen molar-refractivity contribution in [3.05, 3.63) is 81.7 Å². The van der Waals surface area contributed by atoms with Crippen molar-refractivity contribution in [2.24, 2.45) is 0 Å². The fourth-order valence-electron chi connectivity index (χ4n) is 2.37. The molecule has 1 N–H and O–H groups in total. The lowest BCUT2D eigenvalue weighted by molar-refractivity contribution is -0.126. The number of nitrogens with one attached hydrogen (secondary N) is 1. The van der Waals surface area contributed by atoms with Crippen LogP contribution in [0.25, 0.3) is 6.08 Å². The summed E-state index contributed by atoms with van der Waals surface area (Å²) in [6, 6.07) is 17.0. The van der Waals surface area contributed by atoms with E-state index in [9.17, 15) is 9.59 Å². The quantitative estimate of drug-likeness (QED) is 0.513. The maximum absolute atomic E-state index is 12.5. The molecule has 0 spiro atoms. The highest BCUT2D eigenvalue weighted by Gasteiger charge is 2.33. The van der Waals surface area contributed by atoms with Crippen LogP contribution in [0.2, 0.25) is 0 Å². The first kappa shape index (κ1) is 19.5. The fraction of sp³-hybridized carbons (Fsp3) is 0.0500. The molecule has 0 aromatic heterocycles. The van der Waals surface area contributed by atoms with Crippen LogP contribution < -0.4 is 5.32 Å². The number of anilines is 1. The minimum absolute atomic E-state index is 0.114. The molecular formula is C20H15BrN2O2S2. The zero-order chi connectivity index (χ0) is 19.2. The maximum atomic E-state index is 12.5. The lowest BCUT2D eigenvalue weighted by atomic mass is 10.2. The Bertz CT molecular complexity index is 942. The van der Waals surface area contributed by atoms with E-state index in [0.717, 1.165) is 10.0 Å². The second-order valence-electron chi connectivity index (χ2n) is 5.62. The van der Waals surface area contributed by atoms with Gasteiger partial charge in [0.05, 0.1) is 4.91 Å². The van der Waals surface area contributed by atoms with E-state index in [-0.39, 0.29) is 18.4 Å². The van der Waals surface area contributed by atoms with Gasteiger partial charge in [-0.15, -0.1) is 0 Å². The first-order valence-corrected chi connectivity index (χ1v) is 10.1. The summed E-state index contributed by atoms with van der Waals surface area (Å²) in [5.41, 5.74) is 1.69. The Labute approximate surface area is 175 Å². The van der Waals surface area contributed by atoms with E-state index in [1.807, 2.05) is 54.6 Å². The van der Waals surface area contributed by atoms with Crippen LogP contribution in [-0.4, -0.2) is 27.6 Å². The molecule has 136 valence electrons. The Kier molecular flexibility index (Phi) is 6.60. The highest BCUT2D eigenvalue weighted by Crippen LogP contribution is 2.31. The Morgan fingerprint density at radius 1 is 1.19 bits per heavy atom. The van der Waals surface area contributed by atoms with Gasteiger partial charge in [-0.25, -0.2) is 0 Å². The zero-order valence-electron chi connectivity index (χ0n) is 14.1.